The van der Waals surface area contributed by atoms with Gasteiger partial charge in [-0.25, -0.2) is 0 Å². The van der Waals surface area contributed by atoms with E-state index in [4.69, 9.17) is 21.1 Å². The Hall–Kier alpha value is -2.64. The van der Waals surface area contributed by atoms with Gasteiger partial charge in [0.05, 0.1) is 10.7 Å². The summed E-state index contributed by atoms with van der Waals surface area (Å²) in [5.74, 6) is 0.732. The lowest BCUT2D eigenvalue weighted by Gasteiger charge is -2.12. The molecule has 0 saturated heterocycles. The van der Waals surface area contributed by atoms with Gasteiger partial charge in [0, 0.05) is 25.1 Å². The summed E-state index contributed by atoms with van der Waals surface area (Å²) >= 11 is 7.19. The second kappa shape index (κ2) is 8.37. The third kappa shape index (κ3) is 4.75. The lowest BCUT2D eigenvalue weighted by molar-refractivity contribution is -0.111. The fourth-order valence-electron chi connectivity index (χ4n) is 2.27. The van der Waals surface area contributed by atoms with Gasteiger partial charge in [-0.3, -0.25) is 9.59 Å². The number of benzene rings is 2. The molecule has 1 N–H and O–H groups in total. The molecular weight excluding hydrogens is 388 g/mol. The Morgan fingerprint density at radius 3 is 2.78 bits per heavy atom. The number of carbonyl (C=O) groups is 2. The fraction of sp³-hybridized carbons (Fsp3) is 0.158. The van der Waals surface area contributed by atoms with Crippen molar-refractivity contribution in [3.8, 4) is 11.5 Å². The topological polar surface area (TPSA) is 67.9 Å². The first-order chi connectivity index (χ1) is 12.9. The van der Waals surface area contributed by atoms with Crippen LogP contribution in [0.2, 0.25) is 5.02 Å². The van der Waals surface area contributed by atoms with Crippen LogP contribution in [-0.4, -0.2) is 36.9 Å². The van der Waals surface area contributed by atoms with E-state index in [-0.39, 0.29) is 17.9 Å². The van der Waals surface area contributed by atoms with Gasteiger partial charge < -0.3 is 19.7 Å². The van der Waals surface area contributed by atoms with Crippen molar-refractivity contribution in [1.82, 2.24) is 4.90 Å². The first-order valence-corrected chi connectivity index (χ1v) is 9.20. The molecule has 0 unspecified atom stereocenters. The van der Waals surface area contributed by atoms with Crippen LogP contribution in [0.3, 0.4) is 0 Å². The molecule has 0 atom stereocenters. The van der Waals surface area contributed by atoms with E-state index in [9.17, 15) is 9.59 Å². The van der Waals surface area contributed by atoms with E-state index in [1.54, 1.807) is 50.5 Å². The molecule has 1 aliphatic rings. The summed E-state index contributed by atoms with van der Waals surface area (Å²) < 4.78 is 10.6. The predicted octanol–water partition coefficient (Wildman–Crippen LogP) is 4.49. The summed E-state index contributed by atoms with van der Waals surface area (Å²) in [6.45, 7) is 0.128. The van der Waals surface area contributed by atoms with Crippen molar-refractivity contribution in [3.63, 3.8) is 0 Å². The lowest BCUT2D eigenvalue weighted by Crippen LogP contribution is -2.16. The summed E-state index contributed by atoms with van der Waals surface area (Å²) in [5, 5.41) is 3.09. The molecule has 0 radical (unpaired) electrons. The number of carbonyl (C=O) groups excluding carboxylic acids is 2. The number of thioether (sulfide) groups is 1. The zero-order chi connectivity index (χ0) is 19.4. The highest BCUT2D eigenvalue weighted by Gasteiger charge is 2.17. The van der Waals surface area contributed by atoms with Crippen molar-refractivity contribution in [2.75, 3.05) is 26.2 Å². The third-order valence-corrected chi connectivity index (χ3v) is 4.98. The fourth-order valence-corrected chi connectivity index (χ4v) is 3.29. The van der Waals surface area contributed by atoms with E-state index in [1.165, 1.54) is 11.0 Å². The first kappa shape index (κ1) is 19.1. The van der Waals surface area contributed by atoms with Gasteiger partial charge in [-0.1, -0.05) is 23.7 Å². The first-order valence-electron chi connectivity index (χ1n) is 8.00. The average molecular weight is 405 g/mol. The summed E-state index contributed by atoms with van der Waals surface area (Å²) in [6, 6.07) is 10.6. The summed E-state index contributed by atoms with van der Waals surface area (Å²) in [7, 11) is 3.35. The Morgan fingerprint density at radius 1 is 1.22 bits per heavy atom. The number of para-hydroxylation sites is 1. The molecule has 140 valence electrons. The minimum Gasteiger partial charge on any atom is -0.454 e. The zero-order valence-electron chi connectivity index (χ0n) is 14.7. The number of anilines is 1. The third-order valence-electron chi connectivity index (χ3n) is 3.58. The van der Waals surface area contributed by atoms with Gasteiger partial charge >= 0.3 is 0 Å². The highest BCUT2D eigenvalue weighted by atomic mass is 35.5. The predicted molar refractivity (Wildman–Crippen MR) is 107 cm³/mol. The van der Waals surface area contributed by atoms with Gasteiger partial charge in [-0.15, -0.1) is 0 Å². The number of halogens is 1. The molecular formula is C19H17ClN2O4S. The lowest BCUT2D eigenvalue weighted by atomic mass is 10.2. The van der Waals surface area contributed by atoms with Crippen LogP contribution in [0.15, 0.2) is 47.4 Å². The zero-order valence-corrected chi connectivity index (χ0v) is 16.3. The van der Waals surface area contributed by atoms with Gasteiger partial charge in [0.1, 0.15) is 0 Å². The van der Waals surface area contributed by atoms with E-state index < -0.39 is 0 Å². The normalized spacial score (nSPS) is 12.3. The monoisotopic (exact) mass is 404 g/mol. The van der Waals surface area contributed by atoms with Crippen LogP contribution in [0.25, 0.3) is 6.08 Å². The molecule has 1 aliphatic heterocycles. The summed E-state index contributed by atoms with van der Waals surface area (Å²) in [6.07, 6.45) is 3.02. The van der Waals surface area contributed by atoms with E-state index in [2.05, 4.69) is 5.32 Å². The summed E-state index contributed by atoms with van der Waals surface area (Å²) in [4.78, 5) is 26.3. The Balaban J connectivity index is 1.71. The van der Waals surface area contributed by atoms with Gasteiger partial charge in [-0.2, -0.15) is 0 Å². The molecule has 2 aromatic rings. The quantitative estimate of drug-likeness (QED) is 0.600. The maximum Gasteiger partial charge on any atom is 0.286 e. The molecule has 0 saturated carbocycles. The van der Waals surface area contributed by atoms with Crippen LogP contribution < -0.4 is 14.8 Å². The Labute approximate surface area is 166 Å². The second-order valence-electron chi connectivity index (χ2n) is 5.82. The molecule has 0 aromatic heterocycles. The number of amides is 2. The molecule has 2 aromatic carbocycles. The molecule has 27 heavy (non-hydrogen) atoms. The Kier molecular flexibility index (Phi) is 5.93. The number of nitrogens with one attached hydrogen (secondary N) is 1. The molecule has 0 bridgehead atoms. The van der Waals surface area contributed by atoms with Crippen LogP contribution in [0.1, 0.15) is 5.56 Å². The van der Waals surface area contributed by atoms with Crippen molar-refractivity contribution in [3.05, 3.63) is 53.1 Å². The molecule has 0 aliphatic carbocycles. The molecule has 0 spiro atoms. The van der Waals surface area contributed by atoms with Crippen molar-refractivity contribution in [1.29, 1.82) is 0 Å². The molecule has 6 nitrogen and oxygen atoms in total. The van der Waals surface area contributed by atoms with E-state index in [0.29, 0.717) is 32.7 Å². The molecule has 2 amide bonds. The largest absolute Gasteiger partial charge is 0.454 e. The SMILES string of the molecule is CN(C)C(=O)Sc1ccccc1NC(=O)/C=C/c1cc(Cl)c2c(c1)OCO2. The van der Waals surface area contributed by atoms with Gasteiger partial charge in [0.25, 0.3) is 5.24 Å². The minimum absolute atomic E-state index is 0.123. The molecule has 1 heterocycles. The Morgan fingerprint density at radius 2 is 2.00 bits per heavy atom. The number of hydrogen-bond acceptors (Lipinski definition) is 5. The van der Waals surface area contributed by atoms with E-state index in [0.717, 1.165) is 11.8 Å². The standard InChI is InChI=1S/C19H17ClN2O4S/c1-22(2)19(24)27-16-6-4-3-5-14(16)21-17(23)8-7-12-9-13(20)18-15(10-12)25-11-26-18/h3-10H,11H2,1-2H3,(H,21,23)/b8-7+. The number of nitrogens with zero attached hydrogens (tertiary/aromatic N) is 1. The second-order valence-corrected chi connectivity index (χ2v) is 7.22. The summed E-state index contributed by atoms with van der Waals surface area (Å²) in [5.41, 5.74) is 1.28. The minimum atomic E-state index is -0.325. The molecule has 0 fully saturated rings. The van der Waals surface area contributed by atoms with Gasteiger partial charge in [0.15, 0.2) is 11.5 Å². The van der Waals surface area contributed by atoms with Crippen molar-refractivity contribution in [2.24, 2.45) is 0 Å². The van der Waals surface area contributed by atoms with E-state index in [1.807, 2.05) is 6.07 Å². The maximum absolute atomic E-state index is 12.3. The number of hydrogen-bond donors (Lipinski definition) is 1. The van der Waals surface area contributed by atoms with Crippen LogP contribution in [-0.2, 0) is 4.79 Å². The smallest absolute Gasteiger partial charge is 0.286 e. The average Bonchev–Trinajstić information content (AvgIpc) is 3.10. The van der Waals surface area contributed by atoms with Gasteiger partial charge in [0.2, 0.25) is 12.7 Å². The highest BCUT2D eigenvalue weighted by Crippen LogP contribution is 2.40. The number of fused-ring (bicyclic) bond motifs is 1. The van der Waals surface area contributed by atoms with Crippen LogP contribution in [0.5, 0.6) is 11.5 Å². The van der Waals surface area contributed by atoms with Crippen LogP contribution in [0, 0.1) is 0 Å². The van der Waals surface area contributed by atoms with Crippen molar-refractivity contribution < 1.29 is 19.1 Å². The van der Waals surface area contributed by atoms with Crippen LogP contribution >= 0.6 is 23.4 Å². The van der Waals surface area contributed by atoms with Gasteiger partial charge in [-0.05, 0) is 47.7 Å². The van der Waals surface area contributed by atoms with Crippen molar-refractivity contribution >= 4 is 46.3 Å². The Bertz CT molecular complexity index is 915. The van der Waals surface area contributed by atoms with Crippen LogP contribution in [0.4, 0.5) is 10.5 Å². The molecule has 3 rings (SSSR count). The number of rotatable bonds is 4. The highest BCUT2D eigenvalue weighted by molar-refractivity contribution is 8.13. The van der Waals surface area contributed by atoms with Crippen molar-refractivity contribution in [2.45, 2.75) is 4.90 Å². The molecule has 8 heteroatoms. The number of ether oxygens (including phenoxy) is 2. The van der Waals surface area contributed by atoms with E-state index >= 15 is 0 Å². The maximum atomic E-state index is 12.3.